The Kier molecular flexibility index (Phi) is 3.24. The number of rotatable bonds is 4. The van der Waals surface area contributed by atoms with Crippen LogP contribution in [0, 0.1) is 5.41 Å². The maximum atomic E-state index is 11.7. The molecular weight excluding hydrogens is 212 g/mol. The predicted molar refractivity (Wildman–Crippen MR) is 68.0 cm³/mol. The molecule has 17 heavy (non-hydrogen) atoms. The highest BCUT2D eigenvalue weighted by Gasteiger charge is 2.37. The third-order valence-electron chi connectivity index (χ3n) is 2.78. The number of hydrogen-bond donors (Lipinski definition) is 0. The van der Waals surface area contributed by atoms with Crippen molar-refractivity contribution in [3.63, 3.8) is 0 Å². The van der Waals surface area contributed by atoms with Crippen LogP contribution in [0.1, 0.15) is 12.0 Å². The molecule has 0 saturated heterocycles. The van der Waals surface area contributed by atoms with Crippen molar-refractivity contribution in [3.05, 3.63) is 67.0 Å². The summed E-state index contributed by atoms with van der Waals surface area (Å²) >= 11 is 0. The molecule has 2 heteroatoms. The van der Waals surface area contributed by atoms with E-state index in [0.29, 0.717) is 6.42 Å². The first kappa shape index (κ1) is 11.4. The molecule has 0 fully saturated rings. The van der Waals surface area contributed by atoms with E-state index in [1.165, 1.54) is 6.26 Å². The number of ether oxygens (including phenoxy) is 1. The van der Waals surface area contributed by atoms with E-state index < -0.39 is 5.41 Å². The minimum atomic E-state index is -0.683. The quantitative estimate of drug-likeness (QED) is 0.581. The molecule has 0 bridgehead atoms. The lowest BCUT2D eigenvalue weighted by atomic mass is 9.84. The fourth-order valence-corrected chi connectivity index (χ4v) is 1.79. The first-order chi connectivity index (χ1) is 8.27. The molecule has 1 heterocycles. The Morgan fingerprint density at radius 2 is 2.06 bits per heavy atom. The molecular formula is C15H14O2. The minimum absolute atomic E-state index is 0.246. The van der Waals surface area contributed by atoms with Crippen LogP contribution in [0.25, 0.3) is 6.08 Å². The molecule has 2 nitrogen and oxygen atoms in total. The number of allylic oxidation sites excluding steroid dienone is 1. The molecule has 0 unspecified atom stereocenters. The predicted octanol–water partition coefficient (Wildman–Crippen LogP) is 3.33. The van der Waals surface area contributed by atoms with Crippen molar-refractivity contribution in [2.24, 2.45) is 5.41 Å². The number of hydrogen-bond acceptors (Lipinski definition) is 2. The van der Waals surface area contributed by atoms with Gasteiger partial charge in [-0.3, -0.25) is 4.79 Å². The lowest BCUT2D eigenvalue weighted by Gasteiger charge is -2.16. The van der Waals surface area contributed by atoms with Gasteiger partial charge in [-0.2, -0.15) is 0 Å². The second kappa shape index (κ2) is 4.83. The van der Waals surface area contributed by atoms with E-state index in [1.807, 2.05) is 42.5 Å². The van der Waals surface area contributed by atoms with Crippen molar-refractivity contribution in [1.82, 2.24) is 0 Å². The van der Waals surface area contributed by atoms with Crippen LogP contribution < -0.4 is 0 Å². The Morgan fingerprint density at radius 3 is 2.65 bits per heavy atom. The number of cyclic esters (lactones) is 1. The molecule has 1 aromatic rings. The van der Waals surface area contributed by atoms with Gasteiger partial charge in [0, 0.05) is 0 Å². The summed E-state index contributed by atoms with van der Waals surface area (Å²) in [6, 6.07) is 9.86. The van der Waals surface area contributed by atoms with E-state index in [4.69, 9.17) is 4.74 Å². The Balaban J connectivity index is 2.25. The highest BCUT2D eigenvalue weighted by molar-refractivity contribution is 5.85. The first-order valence-electron chi connectivity index (χ1n) is 5.51. The van der Waals surface area contributed by atoms with E-state index in [0.717, 1.165) is 5.56 Å². The SMILES string of the molecule is C=CC[C@]1(/C=C/c2ccccc2)C=COC1=O. The highest BCUT2D eigenvalue weighted by Crippen LogP contribution is 2.33. The van der Waals surface area contributed by atoms with Crippen LogP contribution in [0.2, 0.25) is 0 Å². The first-order valence-corrected chi connectivity index (χ1v) is 5.51. The van der Waals surface area contributed by atoms with Crippen molar-refractivity contribution in [2.75, 3.05) is 0 Å². The zero-order valence-electron chi connectivity index (χ0n) is 9.50. The standard InChI is InChI=1S/C15H14O2/c1-2-9-15(11-12-17-14(15)16)10-8-13-6-4-3-5-7-13/h2-8,10-12H,1,9H2/b10-8+/t15-/m0/s1. The van der Waals surface area contributed by atoms with Crippen LogP contribution >= 0.6 is 0 Å². The maximum Gasteiger partial charge on any atom is 0.325 e. The van der Waals surface area contributed by atoms with Gasteiger partial charge in [0.05, 0.1) is 6.26 Å². The monoisotopic (exact) mass is 226 g/mol. The van der Waals surface area contributed by atoms with E-state index in [-0.39, 0.29) is 5.97 Å². The van der Waals surface area contributed by atoms with Crippen LogP contribution in [0.3, 0.4) is 0 Å². The van der Waals surface area contributed by atoms with Gasteiger partial charge in [-0.25, -0.2) is 0 Å². The summed E-state index contributed by atoms with van der Waals surface area (Å²) in [5.41, 5.74) is 0.376. The zero-order chi connectivity index (χ0) is 12.1. The van der Waals surface area contributed by atoms with Gasteiger partial charge in [0.1, 0.15) is 5.41 Å². The average molecular weight is 226 g/mol. The van der Waals surface area contributed by atoms with Crippen LogP contribution in [-0.4, -0.2) is 5.97 Å². The largest absolute Gasteiger partial charge is 0.434 e. The summed E-state index contributed by atoms with van der Waals surface area (Å²) in [6.45, 7) is 3.68. The van der Waals surface area contributed by atoms with Gasteiger partial charge >= 0.3 is 5.97 Å². The van der Waals surface area contributed by atoms with E-state index in [1.54, 1.807) is 12.2 Å². The molecule has 86 valence electrons. The maximum absolute atomic E-state index is 11.7. The summed E-state index contributed by atoms with van der Waals surface area (Å²) in [5.74, 6) is -0.246. The van der Waals surface area contributed by atoms with Crippen molar-refractivity contribution in [3.8, 4) is 0 Å². The Labute approximate surface area is 101 Å². The van der Waals surface area contributed by atoms with Gasteiger partial charge in [-0.1, -0.05) is 48.6 Å². The Morgan fingerprint density at radius 1 is 1.29 bits per heavy atom. The second-order valence-corrected chi connectivity index (χ2v) is 3.99. The van der Waals surface area contributed by atoms with Gasteiger partial charge < -0.3 is 4.74 Å². The smallest absolute Gasteiger partial charge is 0.325 e. The minimum Gasteiger partial charge on any atom is -0.434 e. The molecule has 0 aliphatic carbocycles. The Bertz CT molecular complexity index is 471. The summed E-state index contributed by atoms with van der Waals surface area (Å²) in [4.78, 5) is 11.7. The molecule has 1 aromatic carbocycles. The number of esters is 1. The van der Waals surface area contributed by atoms with Crippen molar-refractivity contribution >= 4 is 12.0 Å². The van der Waals surface area contributed by atoms with Gasteiger partial charge in [0.25, 0.3) is 0 Å². The molecule has 0 amide bonds. The molecule has 2 rings (SSSR count). The van der Waals surface area contributed by atoms with Gasteiger partial charge in [-0.05, 0) is 18.1 Å². The molecule has 0 radical (unpaired) electrons. The number of benzene rings is 1. The molecule has 1 aliphatic heterocycles. The summed E-state index contributed by atoms with van der Waals surface area (Å²) in [6.07, 6.45) is 9.30. The second-order valence-electron chi connectivity index (χ2n) is 3.99. The molecule has 1 aliphatic rings. The van der Waals surface area contributed by atoms with Crippen LogP contribution in [0.5, 0.6) is 0 Å². The van der Waals surface area contributed by atoms with Gasteiger partial charge in [-0.15, -0.1) is 6.58 Å². The number of carbonyl (C=O) groups excluding carboxylic acids is 1. The van der Waals surface area contributed by atoms with Gasteiger partial charge in [0.2, 0.25) is 0 Å². The molecule has 0 spiro atoms. The normalized spacial score (nSPS) is 22.9. The third kappa shape index (κ3) is 2.36. The lowest BCUT2D eigenvalue weighted by molar-refractivity contribution is -0.141. The highest BCUT2D eigenvalue weighted by atomic mass is 16.5. The topological polar surface area (TPSA) is 26.3 Å². The fourth-order valence-electron chi connectivity index (χ4n) is 1.79. The lowest BCUT2D eigenvalue weighted by Crippen LogP contribution is -2.22. The summed E-state index contributed by atoms with van der Waals surface area (Å²) in [5, 5.41) is 0. The number of carbonyl (C=O) groups is 1. The zero-order valence-corrected chi connectivity index (χ0v) is 9.50. The van der Waals surface area contributed by atoms with Crippen molar-refractivity contribution in [1.29, 1.82) is 0 Å². The summed E-state index contributed by atoms with van der Waals surface area (Å²) in [7, 11) is 0. The van der Waals surface area contributed by atoms with Crippen molar-refractivity contribution in [2.45, 2.75) is 6.42 Å². The van der Waals surface area contributed by atoms with Gasteiger partial charge in [0.15, 0.2) is 0 Å². The van der Waals surface area contributed by atoms with E-state index in [9.17, 15) is 4.79 Å². The van der Waals surface area contributed by atoms with E-state index >= 15 is 0 Å². The van der Waals surface area contributed by atoms with Crippen molar-refractivity contribution < 1.29 is 9.53 Å². The molecule has 0 saturated carbocycles. The van der Waals surface area contributed by atoms with Crippen LogP contribution in [0.4, 0.5) is 0 Å². The summed E-state index contributed by atoms with van der Waals surface area (Å²) < 4.78 is 4.89. The average Bonchev–Trinajstić information content (AvgIpc) is 2.71. The molecule has 1 atom stereocenters. The Hall–Kier alpha value is -2.09. The fraction of sp³-hybridized carbons (Fsp3) is 0.133. The van der Waals surface area contributed by atoms with E-state index in [2.05, 4.69) is 6.58 Å². The molecule has 0 N–H and O–H groups in total. The van der Waals surface area contributed by atoms with Crippen LogP contribution in [-0.2, 0) is 9.53 Å². The van der Waals surface area contributed by atoms with Crippen LogP contribution in [0.15, 0.2) is 61.4 Å². The third-order valence-corrected chi connectivity index (χ3v) is 2.78. The molecule has 0 aromatic heterocycles.